The second-order valence-corrected chi connectivity index (χ2v) is 4.75. The van der Waals surface area contributed by atoms with E-state index in [1.165, 1.54) is 17.5 Å². The molecule has 18 heavy (non-hydrogen) atoms. The zero-order valence-corrected chi connectivity index (χ0v) is 11.9. The van der Waals surface area contributed by atoms with E-state index in [4.69, 9.17) is 0 Å². The highest BCUT2D eigenvalue weighted by Gasteiger charge is 2.13. The highest BCUT2D eigenvalue weighted by molar-refractivity contribution is 7.18. The zero-order chi connectivity index (χ0) is 13.7. The summed E-state index contributed by atoms with van der Waals surface area (Å²) in [7, 11) is 0. The standard InChI is InChI=1S/C11H12N2O2S.C2H6/c1-3-12-11(15)7-5-13-8-4-6(2)16-10(8)9(7)14;1-2/h4-5H,3H2,1-2H3,(H,12,15)(H,13,14);1-2H3. The fourth-order valence-electron chi connectivity index (χ4n) is 1.55. The van der Waals surface area contributed by atoms with Crippen LogP contribution in [0, 0.1) is 6.92 Å². The molecule has 98 valence electrons. The summed E-state index contributed by atoms with van der Waals surface area (Å²) in [4.78, 5) is 27.6. The first-order valence-corrected chi connectivity index (χ1v) is 6.85. The molecular weight excluding hydrogens is 248 g/mol. The van der Waals surface area contributed by atoms with E-state index in [0.717, 1.165) is 10.4 Å². The first kappa shape index (κ1) is 14.4. The molecule has 0 saturated carbocycles. The lowest BCUT2D eigenvalue weighted by Gasteiger charge is -2.00. The van der Waals surface area contributed by atoms with Crippen molar-refractivity contribution in [3.8, 4) is 0 Å². The highest BCUT2D eigenvalue weighted by Crippen LogP contribution is 2.20. The molecule has 1 amide bonds. The highest BCUT2D eigenvalue weighted by atomic mass is 32.1. The summed E-state index contributed by atoms with van der Waals surface area (Å²) < 4.78 is 0.612. The monoisotopic (exact) mass is 266 g/mol. The van der Waals surface area contributed by atoms with Crippen LogP contribution >= 0.6 is 11.3 Å². The van der Waals surface area contributed by atoms with Crippen molar-refractivity contribution in [2.45, 2.75) is 27.7 Å². The molecule has 5 heteroatoms. The molecular formula is C13H18N2O2S. The number of carbonyl (C=O) groups excluding carboxylic acids is 1. The molecule has 0 spiro atoms. The maximum Gasteiger partial charge on any atom is 0.256 e. The van der Waals surface area contributed by atoms with Crippen LogP contribution in [0.15, 0.2) is 17.1 Å². The van der Waals surface area contributed by atoms with Crippen molar-refractivity contribution in [1.82, 2.24) is 10.3 Å². The number of carbonyl (C=O) groups is 1. The Bertz CT molecular complexity index is 599. The Kier molecular flexibility index (Phi) is 5.09. The number of aromatic nitrogens is 1. The number of rotatable bonds is 2. The molecule has 2 rings (SSSR count). The molecule has 0 unspecified atom stereocenters. The van der Waals surface area contributed by atoms with E-state index >= 15 is 0 Å². The van der Waals surface area contributed by atoms with Crippen LogP contribution in [0.1, 0.15) is 36.0 Å². The summed E-state index contributed by atoms with van der Waals surface area (Å²) in [6.45, 7) is 8.27. The number of nitrogens with one attached hydrogen (secondary N) is 2. The third-order valence-corrected chi connectivity index (χ3v) is 3.31. The number of amides is 1. The van der Waals surface area contributed by atoms with Crippen LogP contribution in [0.4, 0.5) is 0 Å². The summed E-state index contributed by atoms with van der Waals surface area (Å²) >= 11 is 1.40. The molecule has 0 saturated heterocycles. The Labute approximate surface area is 110 Å². The van der Waals surface area contributed by atoms with Crippen molar-refractivity contribution in [3.63, 3.8) is 0 Å². The van der Waals surface area contributed by atoms with Gasteiger partial charge in [-0.1, -0.05) is 13.8 Å². The maximum absolute atomic E-state index is 12.0. The number of aromatic amines is 1. The predicted molar refractivity (Wildman–Crippen MR) is 76.5 cm³/mol. The van der Waals surface area contributed by atoms with Gasteiger partial charge < -0.3 is 10.3 Å². The molecule has 2 aromatic heterocycles. The topological polar surface area (TPSA) is 62.0 Å². The van der Waals surface area contributed by atoms with Gasteiger partial charge in [0, 0.05) is 17.6 Å². The summed E-state index contributed by atoms with van der Waals surface area (Å²) in [5.74, 6) is -0.322. The van der Waals surface area contributed by atoms with Gasteiger partial charge in [-0.25, -0.2) is 0 Å². The van der Waals surface area contributed by atoms with Gasteiger partial charge in [-0.05, 0) is 19.9 Å². The Morgan fingerprint density at radius 1 is 1.44 bits per heavy atom. The summed E-state index contributed by atoms with van der Waals surface area (Å²) in [6, 6.07) is 1.91. The van der Waals surface area contributed by atoms with Gasteiger partial charge in [-0.2, -0.15) is 0 Å². The van der Waals surface area contributed by atoms with Crippen molar-refractivity contribution in [3.05, 3.63) is 32.9 Å². The van der Waals surface area contributed by atoms with Gasteiger partial charge in [-0.3, -0.25) is 9.59 Å². The van der Waals surface area contributed by atoms with Crippen molar-refractivity contribution in [2.75, 3.05) is 6.54 Å². The van der Waals surface area contributed by atoms with Crippen LogP contribution in [0.5, 0.6) is 0 Å². The molecule has 0 fully saturated rings. The van der Waals surface area contributed by atoms with Crippen molar-refractivity contribution in [1.29, 1.82) is 0 Å². The Morgan fingerprint density at radius 2 is 2.11 bits per heavy atom. The molecule has 2 N–H and O–H groups in total. The van der Waals surface area contributed by atoms with E-state index in [2.05, 4.69) is 10.3 Å². The van der Waals surface area contributed by atoms with Crippen molar-refractivity contribution < 1.29 is 4.79 Å². The largest absolute Gasteiger partial charge is 0.359 e. The van der Waals surface area contributed by atoms with Crippen LogP contribution in [-0.2, 0) is 0 Å². The average Bonchev–Trinajstić information content (AvgIpc) is 2.74. The number of fused-ring (bicyclic) bond motifs is 1. The molecule has 0 aromatic carbocycles. The summed E-state index contributed by atoms with van der Waals surface area (Å²) in [5, 5.41) is 2.62. The Balaban J connectivity index is 0.000000771. The van der Waals surface area contributed by atoms with Gasteiger partial charge in [-0.15, -0.1) is 11.3 Å². The van der Waals surface area contributed by atoms with E-state index in [1.54, 1.807) is 0 Å². The third-order valence-electron chi connectivity index (χ3n) is 2.26. The minimum absolute atomic E-state index is 0.177. The van der Waals surface area contributed by atoms with E-state index < -0.39 is 0 Å². The first-order valence-electron chi connectivity index (χ1n) is 6.03. The van der Waals surface area contributed by atoms with Gasteiger partial charge >= 0.3 is 0 Å². The molecule has 0 aliphatic carbocycles. The fourth-order valence-corrected chi connectivity index (χ4v) is 2.48. The average molecular weight is 266 g/mol. The first-order chi connectivity index (χ1) is 8.63. The summed E-state index contributed by atoms with van der Waals surface area (Å²) in [6.07, 6.45) is 1.47. The minimum Gasteiger partial charge on any atom is -0.359 e. The van der Waals surface area contributed by atoms with Crippen molar-refractivity contribution in [2.24, 2.45) is 0 Å². The van der Waals surface area contributed by atoms with E-state index in [9.17, 15) is 9.59 Å². The third kappa shape index (κ3) is 2.79. The van der Waals surface area contributed by atoms with E-state index in [0.29, 0.717) is 11.2 Å². The second kappa shape index (κ2) is 6.35. The maximum atomic E-state index is 12.0. The smallest absolute Gasteiger partial charge is 0.256 e. The van der Waals surface area contributed by atoms with Gasteiger partial charge in [0.1, 0.15) is 5.56 Å². The summed E-state index contributed by atoms with van der Waals surface area (Å²) in [5.41, 5.74) is 0.773. The number of pyridine rings is 1. The quantitative estimate of drug-likeness (QED) is 0.878. The van der Waals surface area contributed by atoms with Crippen molar-refractivity contribution >= 4 is 27.5 Å². The fraction of sp³-hybridized carbons (Fsp3) is 0.385. The van der Waals surface area contributed by atoms with Crippen LogP contribution in [0.3, 0.4) is 0 Å². The van der Waals surface area contributed by atoms with Gasteiger partial charge in [0.05, 0.1) is 10.2 Å². The molecule has 0 bridgehead atoms. The second-order valence-electron chi connectivity index (χ2n) is 3.49. The number of aryl methyl sites for hydroxylation is 1. The number of H-pyrrole nitrogens is 1. The molecule has 2 heterocycles. The van der Waals surface area contributed by atoms with Crippen LogP contribution in [-0.4, -0.2) is 17.4 Å². The zero-order valence-electron chi connectivity index (χ0n) is 11.1. The lowest BCUT2D eigenvalue weighted by molar-refractivity contribution is 0.0954. The molecule has 0 aliphatic rings. The minimum atomic E-state index is -0.322. The number of hydrogen-bond acceptors (Lipinski definition) is 3. The molecule has 2 aromatic rings. The Morgan fingerprint density at radius 3 is 2.72 bits per heavy atom. The van der Waals surface area contributed by atoms with E-state index in [-0.39, 0.29) is 16.9 Å². The molecule has 0 aliphatic heterocycles. The normalized spacial score (nSPS) is 9.78. The van der Waals surface area contributed by atoms with Crippen LogP contribution in [0.2, 0.25) is 0 Å². The molecule has 0 radical (unpaired) electrons. The lowest BCUT2D eigenvalue weighted by Crippen LogP contribution is -2.28. The predicted octanol–water partition coefficient (Wildman–Crippen LogP) is 2.67. The van der Waals surface area contributed by atoms with Crippen LogP contribution < -0.4 is 10.7 Å². The number of hydrogen-bond donors (Lipinski definition) is 2. The Hall–Kier alpha value is -1.62. The van der Waals surface area contributed by atoms with Crippen LogP contribution in [0.25, 0.3) is 10.2 Å². The van der Waals surface area contributed by atoms with Gasteiger partial charge in [0.25, 0.3) is 5.91 Å². The molecule has 4 nitrogen and oxygen atoms in total. The molecule has 0 atom stereocenters. The van der Waals surface area contributed by atoms with Gasteiger partial charge in [0.15, 0.2) is 0 Å². The number of thiophene rings is 1. The SMILES string of the molecule is CC.CCNC(=O)c1c[nH]c2cc(C)sc2c1=O. The lowest BCUT2D eigenvalue weighted by atomic mass is 10.2. The van der Waals surface area contributed by atoms with Gasteiger partial charge in [0.2, 0.25) is 5.43 Å². The van der Waals surface area contributed by atoms with E-state index in [1.807, 2.05) is 33.8 Å².